The Balaban J connectivity index is 2.50. The summed E-state index contributed by atoms with van der Waals surface area (Å²) in [6, 6.07) is -0.0735. The third-order valence-electron chi connectivity index (χ3n) is 3.00. The molecule has 1 atom stereocenters. The van der Waals surface area contributed by atoms with Gasteiger partial charge in [-0.2, -0.15) is 5.10 Å². The predicted molar refractivity (Wildman–Crippen MR) is 73.9 cm³/mol. The molecule has 0 aliphatic rings. The van der Waals surface area contributed by atoms with Crippen LogP contribution in [0.15, 0.2) is 12.4 Å². The van der Waals surface area contributed by atoms with Crippen molar-refractivity contribution in [3.63, 3.8) is 0 Å². The van der Waals surface area contributed by atoms with Crippen LogP contribution >= 0.6 is 0 Å². The summed E-state index contributed by atoms with van der Waals surface area (Å²) >= 11 is 0. The number of nitrogens with zero attached hydrogens (tertiary/aromatic N) is 3. The van der Waals surface area contributed by atoms with E-state index in [0.29, 0.717) is 19.6 Å². The average Bonchev–Trinajstić information content (AvgIpc) is 2.89. The molecular weight excluding hydrogens is 244 g/mol. The highest BCUT2D eigenvalue weighted by Crippen LogP contribution is 2.04. The van der Waals surface area contributed by atoms with Crippen molar-refractivity contribution < 1.29 is 9.53 Å². The second-order valence-electron chi connectivity index (χ2n) is 4.45. The lowest BCUT2D eigenvalue weighted by molar-refractivity contribution is 0.115. The van der Waals surface area contributed by atoms with E-state index in [9.17, 15) is 4.79 Å². The Morgan fingerprint density at radius 2 is 2.32 bits per heavy atom. The van der Waals surface area contributed by atoms with Crippen LogP contribution in [0.5, 0.6) is 0 Å². The maximum atomic E-state index is 12.0. The van der Waals surface area contributed by atoms with Gasteiger partial charge in [-0.25, -0.2) is 4.79 Å². The molecule has 1 rings (SSSR count). The Bertz CT molecular complexity index is 392. The SMILES string of the molecule is CCN(Cc1cnn(CC)c1)C(=O)NC[C@@H](C)OC. The number of carbonyl (C=O) groups excluding carboxylic acids is 1. The molecule has 1 aromatic rings. The molecule has 0 bridgehead atoms. The zero-order chi connectivity index (χ0) is 14.3. The zero-order valence-corrected chi connectivity index (χ0v) is 12.2. The fourth-order valence-electron chi connectivity index (χ4n) is 1.63. The summed E-state index contributed by atoms with van der Waals surface area (Å²) < 4.78 is 6.96. The Labute approximate surface area is 114 Å². The minimum absolute atomic E-state index is 0.0190. The Morgan fingerprint density at radius 3 is 2.84 bits per heavy atom. The van der Waals surface area contributed by atoms with Crippen LogP contribution < -0.4 is 5.32 Å². The van der Waals surface area contributed by atoms with Crippen molar-refractivity contribution in [1.29, 1.82) is 0 Å². The van der Waals surface area contributed by atoms with Crippen molar-refractivity contribution in [2.24, 2.45) is 0 Å². The minimum Gasteiger partial charge on any atom is -0.380 e. The summed E-state index contributed by atoms with van der Waals surface area (Å²) in [6.45, 7) is 8.50. The van der Waals surface area contributed by atoms with Crippen LogP contribution in [0.2, 0.25) is 0 Å². The lowest BCUT2D eigenvalue weighted by atomic mass is 10.3. The normalized spacial score (nSPS) is 12.2. The molecule has 0 aliphatic carbocycles. The number of hydrogen-bond acceptors (Lipinski definition) is 3. The summed E-state index contributed by atoms with van der Waals surface area (Å²) in [6.07, 6.45) is 3.79. The van der Waals surface area contributed by atoms with Gasteiger partial charge in [-0.1, -0.05) is 0 Å². The molecule has 0 aromatic carbocycles. The van der Waals surface area contributed by atoms with Crippen LogP contribution in [-0.2, 0) is 17.8 Å². The number of urea groups is 1. The number of aromatic nitrogens is 2. The molecule has 19 heavy (non-hydrogen) atoms. The second-order valence-corrected chi connectivity index (χ2v) is 4.45. The largest absolute Gasteiger partial charge is 0.380 e. The molecule has 6 nitrogen and oxygen atoms in total. The van der Waals surface area contributed by atoms with Gasteiger partial charge in [-0.15, -0.1) is 0 Å². The van der Waals surface area contributed by atoms with Gasteiger partial charge in [0, 0.05) is 38.5 Å². The van der Waals surface area contributed by atoms with E-state index in [4.69, 9.17) is 4.74 Å². The Hall–Kier alpha value is -1.56. The third kappa shape index (κ3) is 4.90. The third-order valence-corrected chi connectivity index (χ3v) is 3.00. The van der Waals surface area contributed by atoms with Crippen molar-refractivity contribution in [3.05, 3.63) is 18.0 Å². The highest BCUT2D eigenvalue weighted by atomic mass is 16.5. The van der Waals surface area contributed by atoms with Gasteiger partial charge < -0.3 is 15.0 Å². The van der Waals surface area contributed by atoms with Gasteiger partial charge in [0.25, 0.3) is 0 Å². The monoisotopic (exact) mass is 268 g/mol. The average molecular weight is 268 g/mol. The predicted octanol–water partition coefficient (Wildman–Crippen LogP) is 1.47. The van der Waals surface area contributed by atoms with Crippen molar-refractivity contribution in [2.75, 3.05) is 20.2 Å². The summed E-state index contributed by atoms with van der Waals surface area (Å²) in [7, 11) is 1.63. The summed E-state index contributed by atoms with van der Waals surface area (Å²) in [5.74, 6) is 0. The number of rotatable bonds is 7. The molecule has 0 unspecified atom stereocenters. The fraction of sp³-hybridized carbons (Fsp3) is 0.692. The smallest absolute Gasteiger partial charge is 0.317 e. The quantitative estimate of drug-likeness (QED) is 0.814. The first kappa shape index (κ1) is 15.5. The van der Waals surface area contributed by atoms with E-state index >= 15 is 0 Å². The molecule has 0 radical (unpaired) electrons. The first-order valence-electron chi connectivity index (χ1n) is 6.67. The Morgan fingerprint density at radius 1 is 1.58 bits per heavy atom. The highest BCUT2D eigenvalue weighted by Gasteiger charge is 2.13. The van der Waals surface area contributed by atoms with Crippen LogP contribution in [-0.4, -0.2) is 47.0 Å². The molecule has 0 spiro atoms. The first-order valence-corrected chi connectivity index (χ1v) is 6.67. The minimum atomic E-state index is -0.0735. The number of amides is 2. The summed E-state index contributed by atoms with van der Waals surface area (Å²) in [5.41, 5.74) is 1.04. The number of nitrogens with one attached hydrogen (secondary N) is 1. The topological polar surface area (TPSA) is 59.4 Å². The molecule has 6 heteroatoms. The van der Waals surface area contributed by atoms with Crippen LogP contribution in [0.4, 0.5) is 4.79 Å². The van der Waals surface area contributed by atoms with E-state index in [0.717, 1.165) is 12.1 Å². The van der Waals surface area contributed by atoms with Crippen molar-refractivity contribution in [1.82, 2.24) is 20.0 Å². The molecule has 1 heterocycles. The summed E-state index contributed by atoms with van der Waals surface area (Å²) in [4.78, 5) is 13.8. The number of hydrogen-bond donors (Lipinski definition) is 1. The molecule has 108 valence electrons. The molecule has 1 N–H and O–H groups in total. The maximum absolute atomic E-state index is 12.0. The molecule has 1 aromatic heterocycles. The molecule has 2 amide bonds. The number of ether oxygens (including phenoxy) is 1. The van der Waals surface area contributed by atoms with Gasteiger partial charge in [0.05, 0.1) is 18.8 Å². The second kappa shape index (κ2) is 7.78. The number of methoxy groups -OCH3 is 1. The van der Waals surface area contributed by atoms with Crippen molar-refractivity contribution in [3.8, 4) is 0 Å². The zero-order valence-electron chi connectivity index (χ0n) is 12.2. The van der Waals surface area contributed by atoms with Crippen LogP contribution in [0.1, 0.15) is 26.3 Å². The summed E-state index contributed by atoms with van der Waals surface area (Å²) in [5, 5.41) is 7.07. The van der Waals surface area contributed by atoms with Gasteiger partial charge >= 0.3 is 6.03 Å². The first-order chi connectivity index (χ1) is 9.10. The van der Waals surface area contributed by atoms with Crippen LogP contribution in [0, 0.1) is 0 Å². The van der Waals surface area contributed by atoms with Gasteiger partial charge in [0.1, 0.15) is 0 Å². The van der Waals surface area contributed by atoms with Gasteiger partial charge in [-0.3, -0.25) is 4.68 Å². The standard InChI is InChI=1S/C13H24N4O2/c1-5-16(13(18)14-7-11(3)19-4)9-12-8-15-17(6-2)10-12/h8,10-11H,5-7,9H2,1-4H3,(H,14,18)/t11-/m1/s1. The highest BCUT2D eigenvalue weighted by molar-refractivity contribution is 5.74. The number of aryl methyl sites for hydroxylation is 1. The van der Waals surface area contributed by atoms with Crippen LogP contribution in [0.3, 0.4) is 0 Å². The van der Waals surface area contributed by atoms with E-state index < -0.39 is 0 Å². The molecule has 0 fully saturated rings. The number of carbonyl (C=O) groups is 1. The van der Waals surface area contributed by atoms with Gasteiger partial charge in [0.2, 0.25) is 0 Å². The Kier molecular flexibility index (Phi) is 6.35. The van der Waals surface area contributed by atoms with E-state index in [-0.39, 0.29) is 12.1 Å². The van der Waals surface area contributed by atoms with Gasteiger partial charge in [-0.05, 0) is 20.8 Å². The van der Waals surface area contributed by atoms with Crippen molar-refractivity contribution in [2.45, 2.75) is 40.0 Å². The van der Waals surface area contributed by atoms with Crippen LogP contribution in [0.25, 0.3) is 0 Å². The molecule has 0 saturated carbocycles. The lowest BCUT2D eigenvalue weighted by Crippen LogP contribution is -2.42. The molecule has 0 saturated heterocycles. The molecular formula is C13H24N4O2. The molecule has 0 aliphatic heterocycles. The van der Waals surface area contributed by atoms with Crippen molar-refractivity contribution >= 4 is 6.03 Å². The van der Waals surface area contributed by atoms with E-state index in [1.807, 2.05) is 31.6 Å². The van der Waals surface area contributed by atoms with Gasteiger partial charge in [0.15, 0.2) is 0 Å². The van der Waals surface area contributed by atoms with E-state index in [1.54, 1.807) is 18.2 Å². The fourth-order valence-corrected chi connectivity index (χ4v) is 1.63. The lowest BCUT2D eigenvalue weighted by Gasteiger charge is -2.21. The van der Waals surface area contributed by atoms with E-state index in [2.05, 4.69) is 10.4 Å². The maximum Gasteiger partial charge on any atom is 0.317 e. The van der Waals surface area contributed by atoms with E-state index in [1.165, 1.54) is 0 Å².